The molecule has 0 aliphatic rings. The van der Waals surface area contributed by atoms with E-state index < -0.39 is 0 Å². The summed E-state index contributed by atoms with van der Waals surface area (Å²) in [4.78, 5) is 4.61. The molecule has 0 unspecified atom stereocenters. The molecule has 0 saturated carbocycles. The Hall–Kier alpha value is -2.55. The maximum Gasteiger partial charge on any atom is 0.0631 e. The Labute approximate surface area is 137 Å². The first-order chi connectivity index (χ1) is 11.0. The van der Waals surface area contributed by atoms with Crippen molar-refractivity contribution in [3.63, 3.8) is 0 Å². The smallest absolute Gasteiger partial charge is 0.0631 e. The summed E-state index contributed by atoms with van der Waals surface area (Å²) >= 11 is 0. The van der Waals surface area contributed by atoms with Crippen molar-refractivity contribution in [3.8, 4) is 5.69 Å². The van der Waals surface area contributed by atoms with E-state index in [0.717, 1.165) is 5.69 Å². The highest BCUT2D eigenvalue weighted by Crippen LogP contribution is 2.20. The average molecular weight is 305 g/mol. The normalized spacial score (nSPS) is 11.5. The van der Waals surface area contributed by atoms with Crippen LogP contribution in [0, 0.1) is 27.7 Å². The van der Waals surface area contributed by atoms with E-state index in [-0.39, 0.29) is 0 Å². The molecule has 3 nitrogen and oxygen atoms in total. The number of nitrogens with zero attached hydrogens (tertiary/aromatic N) is 3. The van der Waals surface area contributed by atoms with Gasteiger partial charge in [0.15, 0.2) is 0 Å². The van der Waals surface area contributed by atoms with Crippen molar-refractivity contribution in [2.75, 3.05) is 0 Å². The van der Waals surface area contributed by atoms with Gasteiger partial charge in [0.1, 0.15) is 0 Å². The minimum atomic E-state index is 0.970. The Kier molecular flexibility index (Phi) is 3.95. The molecule has 23 heavy (non-hydrogen) atoms. The van der Waals surface area contributed by atoms with Gasteiger partial charge in [0.2, 0.25) is 0 Å². The van der Waals surface area contributed by atoms with E-state index in [2.05, 4.69) is 91.3 Å². The molecule has 0 saturated heterocycles. The van der Waals surface area contributed by atoms with Crippen molar-refractivity contribution >= 4 is 11.9 Å². The molecule has 0 spiro atoms. The molecule has 3 aromatic rings. The second-order valence-corrected chi connectivity index (χ2v) is 6.11. The lowest BCUT2D eigenvalue weighted by molar-refractivity contribution is 0.843. The minimum Gasteiger partial charge on any atom is -0.352 e. The summed E-state index contributed by atoms with van der Waals surface area (Å²) < 4.78 is 4.43. The fraction of sp³-hybridized carbons (Fsp3) is 0.250. The molecule has 0 aliphatic heterocycles. The first-order valence-corrected chi connectivity index (χ1v) is 7.90. The Morgan fingerprint density at radius 1 is 0.826 bits per heavy atom. The van der Waals surface area contributed by atoms with Crippen LogP contribution in [-0.2, 0) is 7.05 Å². The molecule has 0 bridgehead atoms. The van der Waals surface area contributed by atoms with Crippen LogP contribution in [0.5, 0.6) is 0 Å². The van der Waals surface area contributed by atoms with Gasteiger partial charge in [-0.15, -0.1) is 0 Å². The topological polar surface area (TPSA) is 22.2 Å². The SMILES string of the molecule is Cc1cc(C=Nc2ccc(-n3c(C)ccc3C)cc2)c(C)n1C. The maximum absolute atomic E-state index is 4.61. The van der Waals surface area contributed by atoms with Gasteiger partial charge in [-0.05, 0) is 70.2 Å². The van der Waals surface area contributed by atoms with E-state index in [9.17, 15) is 0 Å². The lowest BCUT2D eigenvalue weighted by Crippen LogP contribution is -1.97. The second kappa shape index (κ2) is 5.92. The number of aryl methyl sites for hydroxylation is 3. The molecule has 0 fully saturated rings. The molecule has 2 heterocycles. The Bertz CT molecular complexity index is 842. The number of rotatable bonds is 3. The van der Waals surface area contributed by atoms with Gasteiger partial charge in [-0.3, -0.25) is 4.99 Å². The standard InChI is InChI=1S/C20H23N3/c1-14-6-7-15(2)23(14)20-10-8-19(9-11-20)21-13-18-12-16(3)22(5)17(18)4/h6-13H,1-5H3. The molecule has 0 radical (unpaired) electrons. The fourth-order valence-corrected chi connectivity index (χ4v) is 2.92. The molecular weight excluding hydrogens is 282 g/mol. The van der Waals surface area contributed by atoms with Crippen molar-refractivity contribution < 1.29 is 0 Å². The van der Waals surface area contributed by atoms with E-state index in [1.165, 1.54) is 34.0 Å². The zero-order valence-electron chi connectivity index (χ0n) is 14.5. The summed E-state index contributed by atoms with van der Waals surface area (Å²) in [7, 11) is 2.08. The zero-order chi connectivity index (χ0) is 16.6. The third kappa shape index (κ3) is 2.87. The van der Waals surface area contributed by atoms with Crippen LogP contribution < -0.4 is 0 Å². The summed E-state index contributed by atoms with van der Waals surface area (Å²) in [6, 6.07) is 14.8. The molecular formula is C20H23N3. The van der Waals surface area contributed by atoms with Gasteiger partial charge in [0.25, 0.3) is 0 Å². The van der Waals surface area contributed by atoms with Gasteiger partial charge in [-0.2, -0.15) is 0 Å². The summed E-state index contributed by atoms with van der Waals surface area (Å²) in [5.41, 5.74) is 8.29. The van der Waals surface area contributed by atoms with Gasteiger partial charge >= 0.3 is 0 Å². The molecule has 0 N–H and O–H groups in total. The van der Waals surface area contributed by atoms with Crippen LogP contribution in [0.1, 0.15) is 28.3 Å². The molecule has 2 aromatic heterocycles. The summed E-state index contributed by atoms with van der Waals surface area (Å²) in [6.45, 7) is 8.48. The number of benzene rings is 1. The highest BCUT2D eigenvalue weighted by atomic mass is 15.0. The molecule has 118 valence electrons. The van der Waals surface area contributed by atoms with Crippen molar-refractivity contribution in [2.24, 2.45) is 12.0 Å². The van der Waals surface area contributed by atoms with E-state index in [1.807, 2.05) is 6.21 Å². The zero-order valence-corrected chi connectivity index (χ0v) is 14.5. The second-order valence-electron chi connectivity index (χ2n) is 6.11. The summed E-state index contributed by atoms with van der Waals surface area (Å²) in [5, 5.41) is 0. The summed E-state index contributed by atoms with van der Waals surface area (Å²) in [6.07, 6.45) is 1.95. The Balaban J connectivity index is 1.85. The Morgan fingerprint density at radius 2 is 1.43 bits per heavy atom. The quantitative estimate of drug-likeness (QED) is 0.620. The van der Waals surface area contributed by atoms with Crippen LogP contribution in [0.4, 0.5) is 5.69 Å². The highest BCUT2D eigenvalue weighted by molar-refractivity contribution is 5.83. The predicted molar refractivity (Wildman–Crippen MR) is 97.4 cm³/mol. The van der Waals surface area contributed by atoms with Crippen molar-refractivity contribution in [2.45, 2.75) is 27.7 Å². The number of aromatic nitrogens is 2. The van der Waals surface area contributed by atoms with Crippen molar-refractivity contribution in [3.05, 3.63) is 70.8 Å². The van der Waals surface area contributed by atoms with Crippen LogP contribution >= 0.6 is 0 Å². The van der Waals surface area contributed by atoms with Gasteiger partial charge in [-0.25, -0.2) is 0 Å². The fourth-order valence-electron chi connectivity index (χ4n) is 2.92. The van der Waals surface area contributed by atoms with E-state index in [4.69, 9.17) is 0 Å². The minimum absolute atomic E-state index is 0.970. The first kappa shape index (κ1) is 15.3. The molecule has 0 atom stereocenters. The van der Waals surface area contributed by atoms with Gasteiger partial charge in [0, 0.05) is 47.3 Å². The number of aliphatic imine (C=N–C) groups is 1. The van der Waals surface area contributed by atoms with Gasteiger partial charge in [0.05, 0.1) is 5.69 Å². The molecule has 1 aromatic carbocycles. The van der Waals surface area contributed by atoms with Gasteiger partial charge in [-0.1, -0.05) is 0 Å². The molecule has 3 heteroatoms. The average Bonchev–Trinajstić information content (AvgIpc) is 3.00. The van der Waals surface area contributed by atoms with Gasteiger partial charge < -0.3 is 9.13 Å². The third-order valence-corrected chi connectivity index (χ3v) is 4.55. The molecule has 3 rings (SSSR count). The molecule has 0 amide bonds. The van der Waals surface area contributed by atoms with Crippen molar-refractivity contribution in [1.82, 2.24) is 9.13 Å². The Morgan fingerprint density at radius 3 is 1.96 bits per heavy atom. The van der Waals surface area contributed by atoms with Crippen LogP contribution in [-0.4, -0.2) is 15.3 Å². The number of hydrogen-bond acceptors (Lipinski definition) is 1. The summed E-state index contributed by atoms with van der Waals surface area (Å²) in [5.74, 6) is 0. The van der Waals surface area contributed by atoms with Crippen LogP contribution in [0.25, 0.3) is 5.69 Å². The van der Waals surface area contributed by atoms with Crippen LogP contribution in [0.3, 0.4) is 0 Å². The predicted octanol–water partition coefficient (Wildman–Crippen LogP) is 4.80. The van der Waals surface area contributed by atoms with Crippen LogP contribution in [0.15, 0.2) is 47.5 Å². The lowest BCUT2D eigenvalue weighted by Gasteiger charge is -2.09. The first-order valence-electron chi connectivity index (χ1n) is 7.90. The third-order valence-electron chi connectivity index (χ3n) is 4.55. The van der Waals surface area contributed by atoms with Crippen LogP contribution in [0.2, 0.25) is 0 Å². The van der Waals surface area contributed by atoms with Crippen molar-refractivity contribution in [1.29, 1.82) is 0 Å². The monoisotopic (exact) mass is 305 g/mol. The molecule has 0 aliphatic carbocycles. The maximum atomic E-state index is 4.61. The number of hydrogen-bond donors (Lipinski definition) is 0. The van der Waals surface area contributed by atoms with E-state index >= 15 is 0 Å². The lowest BCUT2D eigenvalue weighted by atomic mass is 10.2. The van der Waals surface area contributed by atoms with E-state index in [1.54, 1.807) is 0 Å². The highest BCUT2D eigenvalue weighted by Gasteiger charge is 2.05. The van der Waals surface area contributed by atoms with E-state index in [0.29, 0.717) is 0 Å². The largest absolute Gasteiger partial charge is 0.352 e.